The average molecular weight is 429 g/mol. The van der Waals surface area contributed by atoms with Gasteiger partial charge in [0.05, 0.1) is 39.2 Å². The van der Waals surface area contributed by atoms with Crippen molar-refractivity contribution in [1.82, 2.24) is 9.78 Å². The Labute approximate surface area is 176 Å². The third-order valence-corrected chi connectivity index (χ3v) is 5.73. The highest BCUT2D eigenvalue weighted by Crippen LogP contribution is 2.35. The van der Waals surface area contributed by atoms with Gasteiger partial charge in [-0.25, -0.2) is 4.39 Å². The number of hydrogen-bond donors (Lipinski definition) is 2. The third kappa shape index (κ3) is 3.30. The molecule has 0 bridgehead atoms. The highest BCUT2D eigenvalue weighted by molar-refractivity contribution is 6.34. The molecule has 8 heteroatoms. The van der Waals surface area contributed by atoms with Gasteiger partial charge in [-0.2, -0.15) is 9.78 Å². The van der Waals surface area contributed by atoms with Gasteiger partial charge in [-0.3, -0.25) is 9.59 Å². The van der Waals surface area contributed by atoms with E-state index in [4.69, 9.17) is 11.6 Å². The van der Waals surface area contributed by atoms with Crippen molar-refractivity contribution in [3.63, 3.8) is 0 Å². The van der Waals surface area contributed by atoms with Crippen LogP contribution >= 0.6 is 11.6 Å². The summed E-state index contributed by atoms with van der Waals surface area (Å²) in [6.07, 6.45) is 0.627. The van der Waals surface area contributed by atoms with E-state index in [1.165, 1.54) is 18.2 Å². The number of hydrogen-bond acceptors (Lipinski definition) is 4. The molecule has 1 aliphatic carbocycles. The number of carboxylic acids is 1. The molecule has 0 aliphatic heterocycles. The van der Waals surface area contributed by atoms with Crippen LogP contribution in [0.5, 0.6) is 0 Å². The Morgan fingerprint density at radius 3 is 2.63 bits per heavy atom. The Balaban J connectivity index is 1.89. The molecule has 2 aromatic carbocycles. The number of benzene rings is 2. The number of carbonyl (C=O) groups is 2. The largest absolute Gasteiger partial charge is 0.481 e. The number of aliphatic carboxylic acids is 1. The molecule has 6 nitrogen and oxygen atoms in total. The quantitative estimate of drug-likeness (QED) is 0.656. The number of rotatable bonds is 3. The van der Waals surface area contributed by atoms with E-state index >= 15 is 0 Å². The minimum absolute atomic E-state index is 0.141. The number of aryl methyl sites for hydroxylation is 1. The van der Waals surface area contributed by atoms with Gasteiger partial charge in [0.25, 0.3) is 5.91 Å². The fraction of sp³-hybridized carbons (Fsp3) is 0.227. The first-order valence-corrected chi connectivity index (χ1v) is 9.76. The predicted octanol–water partition coefficient (Wildman–Crippen LogP) is 4.06. The van der Waals surface area contributed by atoms with Crippen molar-refractivity contribution >= 4 is 40.0 Å². The van der Waals surface area contributed by atoms with Crippen LogP contribution in [0.4, 0.5) is 4.39 Å². The second-order valence-electron chi connectivity index (χ2n) is 7.30. The summed E-state index contributed by atoms with van der Waals surface area (Å²) >= 11 is 6.24. The van der Waals surface area contributed by atoms with Crippen LogP contribution in [-0.2, 0) is 4.79 Å². The molecule has 0 radical (unpaired) electrons. The minimum Gasteiger partial charge on any atom is -0.481 e. The molecule has 0 saturated heterocycles. The Morgan fingerprint density at radius 1 is 1.23 bits per heavy atom. The maximum absolute atomic E-state index is 14.8. The van der Waals surface area contributed by atoms with E-state index in [1.54, 1.807) is 31.2 Å². The highest BCUT2D eigenvalue weighted by atomic mass is 35.5. The second kappa shape index (κ2) is 7.66. The van der Waals surface area contributed by atoms with Gasteiger partial charge >= 0.3 is 5.97 Å². The van der Waals surface area contributed by atoms with Gasteiger partial charge in [0.1, 0.15) is 5.82 Å². The fourth-order valence-electron chi connectivity index (χ4n) is 3.87. The molecular weight excluding hydrogens is 411 g/mol. The van der Waals surface area contributed by atoms with E-state index in [9.17, 15) is 24.2 Å². The summed E-state index contributed by atoms with van der Waals surface area (Å²) in [6, 6.07) is 9.41. The summed E-state index contributed by atoms with van der Waals surface area (Å²) in [5, 5.41) is 24.2. The van der Waals surface area contributed by atoms with Gasteiger partial charge in [-0.05, 0) is 55.2 Å². The van der Waals surface area contributed by atoms with Crippen LogP contribution in [0.15, 0.2) is 42.5 Å². The minimum atomic E-state index is -1.22. The van der Waals surface area contributed by atoms with E-state index in [0.717, 1.165) is 4.68 Å². The van der Waals surface area contributed by atoms with Crippen molar-refractivity contribution in [2.24, 2.45) is 5.92 Å². The predicted molar refractivity (Wildman–Crippen MR) is 110 cm³/mol. The monoisotopic (exact) mass is 428 g/mol. The third-order valence-electron chi connectivity index (χ3n) is 5.42. The second-order valence-corrected chi connectivity index (χ2v) is 7.70. The van der Waals surface area contributed by atoms with E-state index < -0.39 is 29.7 Å². The number of aliphatic hydroxyl groups is 1. The molecule has 1 heterocycles. The zero-order chi connectivity index (χ0) is 21.6. The molecule has 3 aromatic rings. The summed E-state index contributed by atoms with van der Waals surface area (Å²) in [5.41, 5.74) is 1.90. The number of carboxylic acid groups (broad SMARTS) is 1. The Bertz CT molecular complexity index is 1200. The van der Waals surface area contributed by atoms with Gasteiger partial charge in [-0.1, -0.05) is 29.8 Å². The molecule has 1 aliphatic rings. The molecule has 0 amide bonds. The summed E-state index contributed by atoms with van der Waals surface area (Å²) in [6.45, 7) is 1.75. The molecule has 0 spiro atoms. The summed E-state index contributed by atoms with van der Waals surface area (Å²) in [5.74, 6) is -3.09. The maximum Gasteiger partial charge on any atom is 0.309 e. The summed E-state index contributed by atoms with van der Waals surface area (Å²) in [4.78, 5) is 24.5. The van der Waals surface area contributed by atoms with Crippen LogP contribution in [0.1, 0.15) is 34.5 Å². The van der Waals surface area contributed by atoms with Crippen molar-refractivity contribution in [2.45, 2.75) is 25.9 Å². The number of fused-ring (bicyclic) bond motifs is 1. The lowest BCUT2D eigenvalue weighted by molar-refractivity contribution is -0.145. The standard InChI is InChI=1S/C22H18ClFN2O4/c1-11-4-2-5-14(23)18(11)21(28)26-16-7-3-6-15(24)19(16)20(25-26)12-8-9-13(22(29)30)17(27)10-12/h2-7,10,13,17,27H,8-9H2,1H3,(H,29,30). The zero-order valence-electron chi connectivity index (χ0n) is 16.0. The first-order valence-electron chi connectivity index (χ1n) is 9.38. The molecule has 2 unspecified atom stereocenters. The summed E-state index contributed by atoms with van der Waals surface area (Å²) < 4.78 is 15.9. The topological polar surface area (TPSA) is 92.4 Å². The van der Waals surface area contributed by atoms with Crippen LogP contribution in [0.2, 0.25) is 5.02 Å². The lowest BCUT2D eigenvalue weighted by atomic mass is 9.85. The maximum atomic E-state index is 14.8. The molecule has 1 aromatic heterocycles. The van der Waals surface area contributed by atoms with Gasteiger partial charge in [0.2, 0.25) is 0 Å². The molecule has 0 fully saturated rings. The Kier molecular flexibility index (Phi) is 5.17. The first kappa shape index (κ1) is 20.3. The Morgan fingerprint density at radius 2 is 1.97 bits per heavy atom. The van der Waals surface area contributed by atoms with Crippen LogP contribution in [-0.4, -0.2) is 38.0 Å². The smallest absolute Gasteiger partial charge is 0.309 e. The van der Waals surface area contributed by atoms with Crippen molar-refractivity contribution in [1.29, 1.82) is 0 Å². The molecule has 4 rings (SSSR count). The van der Waals surface area contributed by atoms with E-state index in [-0.39, 0.29) is 40.0 Å². The van der Waals surface area contributed by atoms with Gasteiger partial charge in [-0.15, -0.1) is 0 Å². The van der Waals surface area contributed by atoms with E-state index in [1.807, 2.05) is 0 Å². The van der Waals surface area contributed by atoms with Gasteiger partial charge < -0.3 is 10.2 Å². The average Bonchev–Trinajstić information content (AvgIpc) is 3.08. The van der Waals surface area contributed by atoms with E-state index in [2.05, 4.69) is 5.10 Å². The van der Waals surface area contributed by atoms with Crippen molar-refractivity contribution in [2.75, 3.05) is 0 Å². The Hall–Kier alpha value is -3.03. The van der Waals surface area contributed by atoms with Gasteiger partial charge in [0, 0.05) is 0 Å². The number of allylic oxidation sites excluding steroid dienone is 1. The number of carbonyl (C=O) groups excluding carboxylic acids is 1. The van der Waals surface area contributed by atoms with Crippen LogP contribution in [0.3, 0.4) is 0 Å². The zero-order valence-corrected chi connectivity index (χ0v) is 16.7. The van der Waals surface area contributed by atoms with Crippen molar-refractivity contribution < 1.29 is 24.2 Å². The molecule has 0 saturated carbocycles. The van der Waals surface area contributed by atoms with Gasteiger partial charge in [0.15, 0.2) is 0 Å². The normalized spacial score (nSPS) is 19.0. The fourth-order valence-corrected chi connectivity index (χ4v) is 4.17. The van der Waals surface area contributed by atoms with Crippen LogP contribution in [0.25, 0.3) is 16.5 Å². The lowest BCUT2D eigenvalue weighted by Crippen LogP contribution is -2.29. The molecule has 2 N–H and O–H groups in total. The molecule has 154 valence electrons. The number of aliphatic hydroxyl groups excluding tert-OH is 1. The molecule has 30 heavy (non-hydrogen) atoms. The SMILES string of the molecule is Cc1cccc(Cl)c1C(=O)n1nc(C2=CC(O)C(C(=O)O)CC2)c2c(F)cccc21. The molecule has 2 atom stereocenters. The first-order chi connectivity index (χ1) is 14.3. The summed E-state index contributed by atoms with van der Waals surface area (Å²) in [7, 11) is 0. The number of aromatic nitrogens is 2. The molecular formula is C22H18ClFN2O4. The highest BCUT2D eigenvalue weighted by Gasteiger charge is 2.32. The number of nitrogens with zero attached hydrogens (tertiary/aromatic N) is 2. The number of halogens is 2. The van der Waals surface area contributed by atoms with Crippen molar-refractivity contribution in [3.05, 3.63) is 70.1 Å². The lowest BCUT2D eigenvalue weighted by Gasteiger charge is -2.23. The van der Waals surface area contributed by atoms with E-state index in [0.29, 0.717) is 11.1 Å². The van der Waals surface area contributed by atoms with Crippen molar-refractivity contribution in [3.8, 4) is 0 Å². The van der Waals surface area contributed by atoms with Crippen LogP contribution < -0.4 is 0 Å². The van der Waals surface area contributed by atoms with Crippen LogP contribution in [0, 0.1) is 18.7 Å².